The maximum Gasteiger partial charge on any atom is 0.209 e. The van der Waals surface area contributed by atoms with Gasteiger partial charge in [0.05, 0.1) is 0 Å². The molecular formula is C16H27FN2O2. The van der Waals surface area contributed by atoms with Gasteiger partial charge in [-0.25, -0.2) is 4.39 Å². The van der Waals surface area contributed by atoms with Gasteiger partial charge < -0.3 is 15.0 Å². The summed E-state index contributed by atoms with van der Waals surface area (Å²) in [4.78, 5) is 12.2. The minimum Gasteiger partial charge on any atom is -0.490 e. The number of nitrogens with one attached hydrogen (secondary N) is 1. The first-order chi connectivity index (χ1) is 10.2. The number of amides is 1. The van der Waals surface area contributed by atoms with Crippen LogP contribution in [0.2, 0.25) is 0 Å². The standard InChI is InChI=1S/C12H14FNO2.C2H7N.C2H6/c13-10-1-3-11(4-2-10)16-12-5-7-14(9-15)8-6-12;1-3-2;1-2/h1-4,9,12H,5-8H2;3H,1-2H3;1-2H3. The zero-order valence-electron chi connectivity index (χ0n) is 13.4. The van der Waals surface area contributed by atoms with E-state index in [9.17, 15) is 9.18 Å². The summed E-state index contributed by atoms with van der Waals surface area (Å²) in [6.07, 6.45) is 2.65. The summed E-state index contributed by atoms with van der Waals surface area (Å²) < 4.78 is 18.4. The molecular weight excluding hydrogens is 271 g/mol. The lowest BCUT2D eigenvalue weighted by atomic mass is 10.1. The first kappa shape index (κ1) is 19.4. The lowest BCUT2D eigenvalue weighted by Gasteiger charge is -2.29. The molecule has 0 aliphatic carbocycles. The summed E-state index contributed by atoms with van der Waals surface area (Å²) in [5.41, 5.74) is 0. The molecule has 1 aromatic rings. The summed E-state index contributed by atoms with van der Waals surface area (Å²) in [7, 11) is 3.75. The molecule has 1 aliphatic heterocycles. The molecule has 2 rings (SSSR count). The van der Waals surface area contributed by atoms with Gasteiger partial charge in [-0.3, -0.25) is 4.79 Å². The van der Waals surface area contributed by atoms with E-state index in [0.717, 1.165) is 32.3 Å². The number of likely N-dealkylation sites (tertiary alicyclic amines) is 1. The molecule has 0 aromatic heterocycles. The lowest BCUT2D eigenvalue weighted by molar-refractivity contribution is -0.119. The van der Waals surface area contributed by atoms with Gasteiger partial charge in [-0.05, 0) is 38.4 Å². The van der Waals surface area contributed by atoms with Crippen LogP contribution in [0.3, 0.4) is 0 Å². The lowest BCUT2D eigenvalue weighted by Crippen LogP contribution is -2.37. The summed E-state index contributed by atoms with van der Waals surface area (Å²) >= 11 is 0. The number of ether oxygens (including phenoxy) is 1. The van der Waals surface area contributed by atoms with E-state index < -0.39 is 0 Å². The average Bonchev–Trinajstić information content (AvgIpc) is 2.53. The van der Waals surface area contributed by atoms with Crippen LogP contribution in [0, 0.1) is 5.82 Å². The van der Waals surface area contributed by atoms with Gasteiger partial charge in [0.15, 0.2) is 0 Å². The minimum atomic E-state index is -0.261. The molecule has 1 N–H and O–H groups in total. The van der Waals surface area contributed by atoms with Gasteiger partial charge in [-0.15, -0.1) is 0 Å². The van der Waals surface area contributed by atoms with E-state index in [0.29, 0.717) is 5.75 Å². The second-order valence-electron chi connectivity index (χ2n) is 4.41. The van der Waals surface area contributed by atoms with Crippen molar-refractivity contribution in [1.82, 2.24) is 10.2 Å². The van der Waals surface area contributed by atoms with E-state index in [1.165, 1.54) is 12.1 Å². The van der Waals surface area contributed by atoms with Crippen LogP contribution in [0.15, 0.2) is 24.3 Å². The Bertz CT molecular complexity index is 363. The van der Waals surface area contributed by atoms with Crippen LogP contribution in [-0.4, -0.2) is 44.6 Å². The van der Waals surface area contributed by atoms with Gasteiger partial charge in [-0.2, -0.15) is 0 Å². The number of benzene rings is 1. The van der Waals surface area contributed by atoms with Crippen molar-refractivity contribution in [2.45, 2.75) is 32.8 Å². The van der Waals surface area contributed by atoms with E-state index in [1.54, 1.807) is 17.0 Å². The van der Waals surface area contributed by atoms with E-state index in [2.05, 4.69) is 5.32 Å². The van der Waals surface area contributed by atoms with Crippen molar-refractivity contribution in [3.63, 3.8) is 0 Å². The molecule has 0 saturated carbocycles. The first-order valence-corrected chi connectivity index (χ1v) is 7.39. The monoisotopic (exact) mass is 298 g/mol. The summed E-state index contributed by atoms with van der Waals surface area (Å²) in [5.74, 6) is 0.425. The fourth-order valence-corrected chi connectivity index (χ4v) is 1.80. The highest BCUT2D eigenvalue weighted by Crippen LogP contribution is 2.18. The normalized spacial score (nSPS) is 14.2. The number of piperidine rings is 1. The van der Waals surface area contributed by atoms with Gasteiger partial charge in [-0.1, -0.05) is 13.8 Å². The predicted molar refractivity (Wildman–Crippen MR) is 84.0 cm³/mol. The number of nitrogens with zero attached hydrogens (tertiary/aromatic N) is 1. The Balaban J connectivity index is 0.000000713. The highest BCUT2D eigenvalue weighted by Gasteiger charge is 2.19. The molecule has 21 heavy (non-hydrogen) atoms. The Labute approximate surface area is 127 Å². The van der Waals surface area contributed by atoms with Crippen molar-refractivity contribution in [3.05, 3.63) is 30.1 Å². The largest absolute Gasteiger partial charge is 0.490 e. The van der Waals surface area contributed by atoms with Gasteiger partial charge in [0, 0.05) is 25.9 Å². The van der Waals surface area contributed by atoms with Crippen molar-refractivity contribution in [1.29, 1.82) is 0 Å². The summed E-state index contributed by atoms with van der Waals surface area (Å²) in [5, 5.41) is 2.75. The van der Waals surface area contributed by atoms with Crippen molar-refractivity contribution in [2.24, 2.45) is 0 Å². The van der Waals surface area contributed by atoms with Gasteiger partial charge in [0.1, 0.15) is 17.7 Å². The Kier molecular flexibility index (Phi) is 11.2. The molecule has 0 radical (unpaired) electrons. The zero-order chi connectivity index (χ0) is 16.1. The SMILES string of the molecule is CC.CNC.O=CN1CCC(Oc2ccc(F)cc2)CC1. The average molecular weight is 298 g/mol. The van der Waals surface area contributed by atoms with Crippen molar-refractivity contribution in [2.75, 3.05) is 27.2 Å². The first-order valence-electron chi connectivity index (χ1n) is 7.39. The Morgan fingerprint density at radius 1 is 1.19 bits per heavy atom. The van der Waals surface area contributed by atoms with E-state index in [4.69, 9.17) is 4.74 Å². The van der Waals surface area contributed by atoms with Crippen LogP contribution in [0.1, 0.15) is 26.7 Å². The van der Waals surface area contributed by atoms with E-state index >= 15 is 0 Å². The van der Waals surface area contributed by atoms with Crippen molar-refractivity contribution < 1.29 is 13.9 Å². The molecule has 120 valence electrons. The molecule has 1 saturated heterocycles. The molecule has 1 fully saturated rings. The van der Waals surface area contributed by atoms with Crippen molar-refractivity contribution in [3.8, 4) is 5.75 Å². The predicted octanol–water partition coefficient (Wildman–Crippen LogP) is 2.69. The van der Waals surface area contributed by atoms with Crippen LogP contribution in [0.25, 0.3) is 0 Å². The van der Waals surface area contributed by atoms with E-state index in [-0.39, 0.29) is 11.9 Å². The third kappa shape index (κ3) is 8.30. The maximum atomic E-state index is 12.7. The fourth-order valence-electron chi connectivity index (χ4n) is 1.80. The Morgan fingerprint density at radius 2 is 1.67 bits per heavy atom. The Hall–Kier alpha value is -1.62. The topological polar surface area (TPSA) is 41.6 Å². The molecule has 0 unspecified atom stereocenters. The highest BCUT2D eigenvalue weighted by atomic mass is 19.1. The molecule has 4 nitrogen and oxygen atoms in total. The van der Waals surface area contributed by atoms with Gasteiger partial charge in [0.2, 0.25) is 6.41 Å². The summed E-state index contributed by atoms with van der Waals surface area (Å²) in [6.45, 7) is 5.46. The maximum absolute atomic E-state index is 12.7. The number of hydrogen-bond donors (Lipinski definition) is 1. The molecule has 0 atom stereocenters. The number of carbonyl (C=O) groups excluding carboxylic acids is 1. The zero-order valence-corrected chi connectivity index (χ0v) is 13.4. The third-order valence-electron chi connectivity index (χ3n) is 2.74. The third-order valence-corrected chi connectivity index (χ3v) is 2.74. The van der Waals surface area contributed by atoms with Gasteiger partial charge >= 0.3 is 0 Å². The molecule has 5 heteroatoms. The second kappa shape index (κ2) is 12.1. The second-order valence-corrected chi connectivity index (χ2v) is 4.41. The minimum absolute atomic E-state index is 0.127. The van der Waals surface area contributed by atoms with Crippen LogP contribution in [0.4, 0.5) is 4.39 Å². The number of carbonyl (C=O) groups is 1. The van der Waals surface area contributed by atoms with Gasteiger partial charge in [0.25, 0.3) is 0 Å². The number of hydrogen-bond acceptors (Lipinski definition) is 3. The van der Waals surface area contributed by atoms with E-state index in [1.807, 2.05) is 27.9 Å². The fraction of sp³-hybridized carbons (Fsp3) is 0.562. The smallest absolute Gasteiger partial charge is 0.209 e. The number of halogens is 1. The van der Waals surface area contributed by atoms with Crippen molar-refractivity contribution >= 4 is 6.41 Å². The van der Waals surface area contributed by atoms with Crippen LogP contribution in [0.5, 0.6) is 5.75 Å². The molecule has 1 amide bonds. The summed E-state index contributed by atoms with van der Waals surface area (Å²) in [6, 6.07) is 6.02. The molecule has 1 aliphatic rings. The van der Waals surface area contributed by atoms with Crippen LogP contribution in [-0.2, 0) is 4.79 Å². The quantitative estimate of drug-likeness (QED) is 0.872. The Morgan fingerprint density at radius 3 is 2.10 bits per heavy atom. The van der Waals surface area contributed by atoms with Crippen LogP contribution >= 0.6 is 0 Å². The number of rotatable bonds is 3. The molecule has 0 bridgehead atoms. The van der Waals surface area contributed by atoms with Crippen LogP contribution < -0.4 is 10.1 Å². The molecule has 1 heterocycles. The molecule has 0 spiro atoms. The highest BCUT2D eigenvalue weighted by molar-refractivity contribution is 5.47. The molecule has 1 aromatic carbocycles.